The maximum Gasteiger partial charge on any atom is 0.248 e. The van der Waals surface area contributed by atoms with Gasteiger partial charge in [-0.1, -0.05) is 38.2 Å². The fourth-order valence-corrected chi connectivity index (χ4v) is 3.48. The van der Waals surface area contributed by atoms with Gasteiger partial charge >= 0.3 is 0 Å². The Morgan fingerprint density at radius 2 is 1.88 bits per heavy atom. The first-order valence-electron chi connectivity index (χ1n) is 8.81. The van der Waals surface area contributed by atoms with E-state index in [2.05, 4.69) is 0 Å². The number of hydrogen-bond acceptors (Lipinski definition) is 4. The minimum Gasteiger partial charge on any atom is -0.369 e. The molecular formula is C19H24N4O3. The van der Waals surface area contributed by atoms with E-state index in [0.29, 0.717) is 12.1 Å². The molecule has 138 valence electrons. The number of nitriles is 1. The average Bonchev–Trinajstić information content (AvgIpc) is 2.64. The van der Waals surface area contributed by atoms with Crippen LogP contribution in [0.3, 0.4) is 0 Å². The number of nitrogens with zero attached hydrogens (tertiary/aromatic N) is 2. The van der Waals surface area contributed by atoms with Crippen LogP contribution in [0.1, 0.15) is 48.9 Å². The van der Waals surface area contributed by atoms with Crippen LogP contribution in [0.25, 0.3) is 0 Å². The topological polar surface area (TPSA) is 130 Å². The van der Waals surface area contributed by atoms with Crippen molar-refractivity contribution in [2.24, 2.45) is 23.3 Å². The highest BCUT2D eigenvalue weighted by molar-refractivity contribution is 6.08. The average molecular weight is 356 g/mol. The minimum atomic E-state index is -0.983. The second-order valence-electron chi connectivity index (χ2n) is 6.69. The van der Waals surface area contributed by atoms with Gasteiger partial charge in [-0.25, -0.2) is 0 Å². The number of carbonyl (C=O) groups excluding carboxylic acids is 3. The van der Waals surface area contributed by atoms with Crippen LogP contribution in [0.15, 0.2) is 24.3 Å². The predicted molar refractivity (Wildman–Crippen MR) is 96.8 cm³/mol. The molecule has 1 unspecified atom stereocenters. The summed E-state index contributed by atoms with van der Waals surface area (Å²) in [5.74, 6) is -2.53. The van der Waals surface area contributed by atoms with Crippen molar-refractivity contribution in [1.29, 1.82) is 5.26 Å². The predicted octanol–water partition coefficient (Wildman–Crippen LogP) is 1.71. The Hall–Kier alpha value is -2.88. The number of hydrogen-bond donors (Lipinski definition) is 2. The largest absolute Gasteiger partial charge is 0.369 e. The Balaban J connectivity index is 2.26. The van der Waals surface area contributed by atoms with Gasteiger partial charge in [0.15, 0.2) is 0 Å². The van der Waals surface area contributed by atoms with Gasteiger partial charge in [-0.2, -0.15) is 5.26 Å². The van der Waals surface area contributed by atoms with Crippen LogP contribution in [0.2, 0.25) is 0 Å². The van der Waals surface area contributed by atoms with Gasteiger partial charge in [0.2, 0.25) is 17.7 Å². The van der Waals surface area contributed by atoms with Crippen LogP contribution in [-0.2, 0) is 9.59 Å². The number of benzene rings is 1. The van der Waals surface area contributed by atoms with Crippen molar-refractivity contribution in [2.45, 2.75) is 38.5 Å². The molecule has 1 aromatic carbocycles. The van der Waals surface area contributed by atoms with Crippen LogP contribution < -0.4 is 16.4 Å². The first kappa shape index (κ1) is 19.4. The molecule has 1 aliphatic rings. The van der Waals surface area contributed by atoms with Gasteiger partial charge in [0.1, 0.15) is 12.5 Å². The molecule has 2 rings (SSSR count). The van der Waals surface area contributed by atoms with Crippen molar-refractivity contribution >= 4 is 23.4 Å². The van der Waals surface area contributed by atoms with Crippen molar-refractivity contribution in [3.05, 3.63) is 29.8 Å². The van der Waals surface area contributed by atoms with E-state index in [1.165, 1.54) is 23.5 Å². The van der Waals surface area contributed by atoms with Gasteiger partial charge < -0.3 is 11.5 Å². The summed E-state index contributed by atoms with van der Waals surface area (Å²) in [6.45, 7) is -0.241. The summed E-state index contributed by atoms with van der Waals surface area (Å²) in [4.78, 5) is 37.5. The lowest BCUT2D eigenvalue weighted by molar-refractivity contribution is -0.132. The lowest BCUT2D eigenvalue weighted by Crippen LogP contribution is -2.43. The molecule has 0 bridgehead atoms. The summed E-state index contributed by atoms with van der Waals surface area (Å²) in [5.41, 5.74) is 11.4. The van der Waals surface area contributed by atoms with Gasteiger partial charge in [0, 0.05) is 11.3 Å². The number of carbonyl (C=O) groups is 3. The molecule has 26 heavy (non-hydrogen) atoms. The first-order valence-corrected chi connectivity index (χ1v) is 8.81. The maximum atomic E-state index is 13.0. The molecule has 7 heteroatoms. The van der Waals surface area contributed by atoms with E-state index >= 15 is 0 Å². The SMILES string of the molecule is N#CCN(C(=O)C(CC1CCCCC1)C(N)=O)c1cccc(C(N)=O)c1. The first-order chi connectivity index (χ1) is 12.4. The molecule has 0 saturated heterocycles. The standard InChI is InChI=1S/C19H24N4O3/c20-9-10-23(15-8-4-7-14(12-15)17(21)24)19(26)16(18(22)25)11-13-5-2-1-3-6-13/h4,7-8,12-13,16H,1-3,5-6,10-11H2,(H2,21,24)(H2,22,25). The van der Waals surface area contributed by atoms with Gasteiger partial charge in [0.05, 0.1) is 6.07 Å². The van der Waals surface area contributed by atoms with E-state index < -0.39 is 23.6 Å². The number of amides is 3. The molecule has 3 amide bonds. The Kier molecular flexibility index (Phi) is 6.73. The highest BCUT2D eigenvalue weighted by Crippen LogP contribution is 2.30. The van der Waals surface area contributed by atoms with Crippen LogP contribution in [0, 0.1) is 23.2 Å². The molecule has 1 saturated carbocycles. The fraction of sp³-hybridized carbons (Fsp3) is 0.474. The van der Waals surface area contributed by atoms with E-state index in [-0.39, 0.29) is 18.0 Å². The monoisotopic (exact) mass is 356 g/mol. The lowest BCUT2D eigenvalue weighted by Gasteiger charge is -2.28. The third-order valence-electron chi connectivity index (χ3n) is 4.87. The summed E-state index contributed by atoms with van der Waals surface area (Å²) >= 11 is 0. The van der Waals surface area contributed by atoms with Crippen LogP contribution in [0.5, 0.6) is 0 Å². The quantitative estimate of drug-likeness (QED) is 0.569. The summed E-state index contributed by atoms with van der Waals surface area (Å²) < 4.78 is 0. The summed E-state index contributed by atoms with van der Waals surface area (Å²) in [6, 6.07) is 8.07. The smallest absolute Gasteiger partial charge is 0.248 e. The van der Waals surface area contributed by atoms with Gasteiger partial charge in [-0.3, -0.25) is 19.3 Å². The summed E-state index contributed by atoms with van der Waals surface area (Å²) in [5, 5.41) is 9.12. The van der Waals surface area contributed by atoms with E-state index in [1.807, 2.05) is 6.07 Å². The highest BCUT2D eigenvalue weighted by Gasteiger charge is 2.32. The molecule has 0 aliphatic heterocycles. The summed E-state index contributed by atoms with van der Waals surface area (Å²) in [6.07, 6.45) is 5.70. The molecule has 1 fully saturated rings. The van der Waals surface area contributed by atoms with Crippen molar-refractivity contribution in [3.63, 3.8) is 0 Å². The van der Waals surface area contributed by atoms with Crippen LogP contribution >= 0.6 is 0 Å². The Bertz CT molecular complexity index is 720. The van der Waals surface area contributed by atoms with Crippen molar-refractivity contribution in [2.75, 3.05) is 11.4 Å². The van der Waals surface area contributed by atoms with E-state index in [0.717, 1.165) is 25.7 Å². The Labute approximate surface area is 152 Å². The normalized spacial score (nSPS) is 15.7. The molecule has 0 aromatic heterocycles. The van der Waals surface area contributed by atoms with Crippen LogP contribution in [-0.4, -0.2) is 24.3 Å². The Morgan fingerprint density at radius 3 is 2.46 bits per heavy atom. The highest BCUT2D eigenvalue weighted by atomic mass is 16.2. The molecule has 1 atom stereocenters. The second-order valence-corrected chi connectivity index (χ2v) is 6.69. The third-order valence-corrected chi connectivity index (χ3v) is 4.87. The second kappa shape index (κ2) is 8.99. The van der Waals surface area contributed by atoms with E-state index in [1.54, 1.807) is 12.1 Å². The number of nitrogens with two attached hydrogens (primary N) is 2. The van der Waals surface area contributed by atoms with Crippen molar-refractivity contribution in [1.82, 2.24) is 0 Å². The molecule has 0 radical (unpaired) electrons. The zero-order valence-electron chi connectivity index (χ0n) is 14.7. The molecule has 4 N–H and O–H groups in total. The molecule has 1 aromatic rings. The minimum absolute atomic E-state index is 0.223. The molecular weight excluding hydrogens is 332 g/mol. The van der Waals surface area contributed by atoms with E-state index in [9.17, 15) is 14.4 Å². The van der Waals surface area contributed by atoms with Gasteiger partial charge in [-0.15, -0.1) is 0 Å². The van der Waals surface area contributed by atoms with Gasteiger partial charge in [0.25, 0.3) is 0 Å². The fourth-order valence-electron chi connectivity index (χ4n) is 3.48. The molecule has 7 nitrogen and oxygen atoms in total. The Morgan fingerprint density at radius 1 is 1.19 bits per heavy atom. The molecule has 1 aliphatic carbocycles. The zero-order chi connectivity index (χ0) is 19.1. The van der Waals surface area contributed by atoms with Crippen LogP contribution in [0.4, 0.5) is 5.69 Å². The van der Waals surface area contributed by atoms with Crippen molar-refractivity contribution < 1.29 is 14.4 Å². The lowest BCUT2D eigenvalue weighted by atomic mass is 9.82. The number of primary amides is 2. The molecule has 0 heterocycles. The zero-order valence-corrected chi connectivity index (χ0v) is 14.7. The van der Waals surface area contributed by atoms with Crippen molar-refractivity contribution in [3.8, 4) is 6.07 Å². The number of anilines is 1. The maximum absolute atomic E-state index is 13.0. The molecule has 0 spiro atoms. The van der Waals surface area contributed by atoms with E-state index in [4.69, 9.17) is 16.7 Å². The third kappa shape index (κ3) is 4.82. The summed E-state index contributed by atoms with van der Waals surface area (Å²) in [7, 11) is 0. The number of rotatable bonds is 7. The van der Waals surface area contributed by atoms with Gasteiger partial charge in [-0.05, 0) is 30.5 Å².